The van der Waals surface area contributed by atoms with Gasteiger partial charge in [0.1, 0.15) is 0 Å². The predicted octanol–water partition coefficient (Wildman–Crippen LogP) is 7.04. The SMILES string of the molecule is COC(=O)/C=C(C)/C=C/C1=C(c2ccc3c(c2)C(C)(C)CCC3(C)C)CCCC1. The van der Waals surface area contributed by atoms with Gasteiger partial charge in [-0.15, -0.1) is 0 Å². The maximum Gasteiger partial charge on any atom is 0.330 e. The first-order valence-electron chi connectivity index (χ1n) is 11.0. The van der Waals surface area contributed by atoms with Crippen molar-refractivity contribution in [3.05, 3.63) is 64.3 Å². The topological polar surface area (TPSA) is 26.3 Å². The molecule has 3 rings (SSSR count). The third-order valence-electron chi connectivity index (χ3n) is 6.81. The van der Waals surface area contributed by atoms with Gasteiger partial charge in [-0.2, -0.15) is 0 Å². The first kappa shape index (κ1) is 21.6. The lowest BCUT2D eigenvalue weighted by Crippen LogP contribution is -2.33. The van der Waals surface area contributed by atoms with Crippen LogP contribution < -0.4 is 0 Å². The van der Waals surface area contributed by atoms with Crippen molar-refractivity contribution < 1.29 is 9.53 Å². The molecule has 0 saturated carbocycles. The molecule has 2 aliphatic carbocycles. The molecule has 2 aliphatic rings. The summed E-state index contributed by atoms with van der Waals surface area (Å²) in [5.41, 5.74) is 8.69. The summed E-state index contributed by atoms with van der Waals surface area (Å²) in [6.07, 6.45) is 13.0. The second-order valence-corrected chi connectivity index (χ2v) is 9.98. The fourth-order valence-electron chi connectivity index (χ4n) is 4.74. The number of esters is 1. The number of fused-ring (bicyclic) bond motifs is 1. The summed E-state index contributed by atoms with van der Waals surface area (Å²) >= 11 is 0. The second kappa shape index (κ2) is 8.34. The number of allylic oxidation sites excluding steroid dienone is 5. The maximum absolute atomic E-state index is 11.5. The minimum Gasteiger partial charge on any atom is -0.466 e. The zero-order valence-corrected chi connectivity index (χ0v) is 19.0. The molecule has 0 spiro atoms. The van der Waals surface area contributed by atoms with Crippen LogP contribution in [0, 0.1) is 0 Å². The zero-order chi connectivity index (χ0) is 21.2. The Morgan fingerprint density at radius 1 is 1.00 bits per heavy atom. The monoisotopic (exact) mass is 392 g/mol. The van der Waals surface area contributed by atoms with Crippen LogP contribution in [0.5, 0.6) is 0 Å². The molecule has 0 fully saturated rings. The molecule has 0 atom stereocenters. The molecule has 0 aliphatic heterocycles. The van der Waals surface area contributed by atoms with Crippen LogP contribution in [0.15, 0.2) is 47.6 Å². The van der Waals surface area contributed by atoms with Gasteiger partial charge in [0.15, 0.2) is 0 Å². The zero-order valence-electron chi connectivity index (χ0n) is 19.0. The Bertz CT molecular complexity index is 878. The van der Waals surface area contributed by atoms with Gasteiger partial charge in [-0.3, -0.25) is 0 Å². The molecule has 2 heteroatoms. The molecule has 0 amide bonds. The van der Waals surface area contributed by atoms with Crippen molar-refractivity contribution in [2.45, 2.75) is 84.0 Å². The summed E-state index contributed by atoms with van der Waals surface area (Å²) in [6.45, 7) is 11.5. The smallest absolute Gasteiger partial charge is 0.330 e. The van der Waals surface area contributed by atoms with Crippen LogP contribution in [0.2, 0.25) is 0 Å². The first-order valence-corrected chi connectivity index (χ1v) is 11.0. The largest absolute Gasteiger partial charge is 0.466 e. The summed E-state index contributed by atoms with van der Waals surface area (Å²) in [5.74, 6) is -0.301. The Labute approximate surface area is 176 Å². The fraction of sp³-hybridized carbons (Fsp3) is 0.519. The van der Waals surface area contributed by atoms with Crippen molar-refractivity contribution >= 4 is 11.5 Å². The summed E-state index contributed by atoms with van der Waals surface area (Å²) in [6, 6.07) is 7.20. The van der Waals surface area contributed by atoms with E-state index in [9.17, 15) is 4.79 Å². The second-order valence-electron chi connectivity index (χ2n) is 9.98. The number of carbonyl (C=O) groups excluding carboxylic acids is 1. The number of methoxy groups -OCH3 is 1. The summed E-state index contributed by atoms with van der Waals surface area (Å²) in [4.78, 5) is 11.5. The van der Waals surface area contributed by atoms with E-state index < -0.39 is 0 Å². The van der Waals surface area contributed by atoms with E-state index in [-0.39, 0.29) is 16.8 Å². The molecule has 29 heavy (non-hydrogen) atoms. The molecule has 0 radical (unpaired) electrons. The van der Waals surface area contributed by atoms with E-state index in [2.05, 4.69) is 52.0 Å². The summed E-state index contributed by atoms with van der Waals surface area (Å²) in [7, 11) is 1.41. The molecular formula is C27H36O2. The van der Waals surface area contributed by atoms with E-state index in [1.165, 1.54) is 60.6 Å². The van der Waals surface area contributed by atoms with Gasteiger partial charge in [-0.25, -0.2) is 4.79 Å². The summed E-state index contributed by atoms with van der Waals surface area (Å²) < 4.78 is 4.73. The lowest BCUT2D eigenvalue weighted by molar-refractivity contribution is -0.134. The highest BCUT2D eigenvalue weighted by atomic mass is 16.5. The normalized spacial score (nSPS) is 21.2. The van der Waals surface area contributed by atoms with Gasteiger partial charge in [-0.05, 0) is 89.7 Å². The van der Waals surface area contributed by atoms with Crippen LogP contribution in [0.1, 0.15) is 89.8 Å². The standard InChI is InChI=1S/C27H36O2/c1-19(17-25(28)29-6)11-12-20-9-7-8-10-22(20)21-13-14-23-24(18-21)27(4,5)16-15-26(23,2)3/h11-14,17-18H,7-10,15-16H2,1-6H3/b12-11+,19-17+. The van der Waals surface area contributed by atoms with E-state index in [0.29, 0.717) is 0 Å². The number of rotatable bonds is 4. The van der Waals surface area contributed by atoms with Crippen LogP contribution in [-0.2, 0) is 20.4 Å². The van der Waals surface area contributed by atoms with Crippen LogP contribution in [0.3, 0.4) is 0 Å². The molecular weight excluding hydrogens is 356 g/mol. The van der Waals surface area contributed by atoms with Gasteiger partial charge in [0.2, 0.25) is 0 Å². The average Bonchev–Trinajstić information content (AvgIpc) is 2.70. The molecule has 156 valence electrons. The molecule has 0 N–H and O–H groups in total. The van der Waals surface area contributed by atoms with E-state index in [1.807, 2.05) is 13.0 Å². The Balaban J connectivity index is 2.01. The van der Waals surface area contributed by atoms with Gasteiger partial charge in [0.05, 0.1) is 7.11 Å². The van der Waals surface area contributed by atoms with Crippen molar-refractivity contribution in [2.75, 3.05) is 7.11 Å². The van der Waals surface area contributed by atoms with E-state index in [1.54, 1.807) is 6.08 Å². The minimum atomic E-state index is -0.301. The van der Waals surface area contributed by atoms with Gasteiger partial charge < -0.3 is 4.74 Å². The highest BCUT2D eigenvalue weighted by Crippen LogP contribution is 2.47. The highest BCUT2D eigenvalue weighted by Gasteiger charge is 2.37. The first-order chi connectivity index (χ1) is 13.6. The molecule has 2 nitrogen and oxygen atoms in total. The van der Waals surface area contributed by atoms with Gasteiger partial charge >= 0.3 is 5.97 Å². The maximum atomic E-state index is 11.5. The Morgan fingerprint density at radius 2 is 1.66 bits per heavy atom. The van der Waals surface area contributed by atoms with Crippen molar-refractivity contribution in [2.24, 2.45) is 0 Å². The van der Waals surface area contributed by atoms with E-state index in [4.69, 9.17) is 4.74 Å². The molecule has 0 unspecified atom stereocenters. The Morgan fingerprint density at radius 3 is 2.34 bits per heavy atom. The molecule has 0 bridgehead atoms. The van der Waals surface area contributed by atoms with Gasteiger partial charge in [0.25, 0.3) is 0 Å². The van der Waals surface area contributed by atoms with Crippen LogP contribution in [-0.4, -0.2) is 13.1 Å². The van der Waals surface area contributed by atoms with Gasteiger partial charge in [0, 0.05) is 6.08 Å². The Hall–Kier alpha value is -2.09. The van der Waals surface area contributed by atoms with Crippen LogP contribution in [0.4, 0.5) is 0 Å². The van der Waals surface area contributed by atoms with E-state index >= 15 is 0 Å². The van der Waals surface area contributed by atoms with Crippen molar-refractivity contribution in [3.8, 4) is 0 Å². The minimum absolute atomic E-state index is 0.228. The molecule has 1 aromatic carbocycles. The fourth-order valence-corrected chi connectivity index (χ4v) is 4.74. The molecule has 1 aromatic rings. The Kier molecular flexibility index (Phi) is 6.22. The van der Waals surface area contributed by atoms with Crippen LogP contribution in [0.25, 0.3) is 5.57 Å². The number of ether oxygens (including phenoxy) is 1. The van der Waals surface area contributed by atoms with Crippen molar-refractivity contribution in [1.29, 1.82) is 0 Å². The third-order valence-corrected chi connectivity index (χ3v) is 6.81. The predicted molar refractivity (Wildman–Crippen MR) is 122 cm³/mol. The third kappa shape index (κ3) is 4.74. The summed E-state index contributed by atoms with van der Waals surface area (Å²) in [5, 5.41) is 0. The van der Waals surface area contributed by atoms with Gasteiger partial charge in [-0.1, -0.05) is 58.0 Å². The lowest BCUT2D eigenvalue weighted by Gasteiger charge is -2.42. The van der Waals surface area contributed by atoms with Crippen molar-refractivity contribution in [1.82, 2.24) is 0 Å². The van der Waals surface area contributed by atoms with E-state index in [0.717, 1.165) is 18.4 Å². The molecule has 0 saturated heterocycles. The number of hydrogen-bond donors (Lipinski definition) is 0. The number of hydrogen-bond acceptors (Lipinski definition) is 2. The van der Waals surface area contributed by atoms with Crippen LogP contribution >= 0.6 is 0 Å². The number of benzene rings is 1. The quantitative estimate of drug-likeness (QED) is 0.312. The lowest BCUT2D eigenvalue weighted by atomic mass is 9.62. The molecule has 0 heterocycles. The molecule has 0 aromatic heterocycles. The highest BCUT2D eigenvalue weighted by molar-refractivity contribution is 5.83. The van der Waals surface area contributed by atoms with Crippen molar-refractivity contribution in [3.63, 3.8) is 0 Å². The number of carbonyl (C=O) groups is 1. The average molecular weight is 393 g/mol.